The SMILES string of the molecule is Fc1cccc(Br)c1Nc1nc(Cl)nc(Cl)n1. The van der Waals surface area contributed by atoms with E-state index in [1.807, 2.05) is 0 Å². The van der Waals surface area contributed by atoms with Gasteiger partial charge in [-0.15, -0.1) is 0 Å². The zero-order valence-electron chi connectivity index (χ0n) is 8.09. The molecule has 0 aliphatic rings. The van der Waals surface area contributed by atoms with Crippen LogP contribution in [0.15, 0.2) is 22.7 Å². The molecule has 0 saturated carbocycles. The van der Waals surface area contributed by atoms with Crippen molar-refractivity contribution in [3.05, 3.63) is 39.1 Å². The molecular formula is C9H4BrCl2FN4. The molecule has 0 spiro atoms. The quantitative estimate of drug-likeness (QED) is 0.905. The number of aromatic nitrogens is 3. The van der Waals surface area contributed by atoms with Gasteiger partial charge in [-0.25, -0.2) is 4.39 Å². The van der Waals surface area contributed by atoms with Crippen molar-refractivity contribution in [3.8, 4) is 0 Å². The van der Waals surface area contributed by atoms with Crippen molar-refractivity contribution >= 4 is 50.8 Å². The molecule has 2 aromatic rings. The molecule has 0 aliphatic carbocycles. The zero-order valence-corrected chi connectivity index (χ0v) is 11.2. The van der Waals surface area contributed by atoms with E-state index in [-0.39, 0.29) is 22.2 Å². The molecule has 1 aromatic heterocycles. The zero-order chi connectivity index (χ0) is 12.4. The molecule has 8 heteroatoms. The molecule has 0 bridgehead atoms. The molecule has 17 heavy (non-hydrogen) atoms. The van der Waals surface area contributed by atoms with Gasteiger partial charge in [0, 0.05) is 4.47 Å². The Balaban J connectivity index is 2.38. The van der Waals surface area contributed by atoms with Gasteiger partial charge in [0.15, 0.2) is 0 Å². The molecule has 0 radical (unpaired) electrons. The van der Waals surface area contributed by atoms with E-state index >= 15 is 0 Å². The monoisotopic (exact) mass is 336 g/mol. The number of hydrogen-bond acceptors (Lipinski definition) is 4. The standard InChI is InChI=1S/C9H4BrCl2FN4/c10-4-2-1-3-5(13)6(4)14-9-16-7(11)15-8(12)17-9/h1-3H,(H,14,15,16,17). The Morgan fingerprint density at radius 1 is 1.12 bits per heavy atom. The van der Waals surface area contributed by atoms with Crippen LogP contribution in [0.5, 0.6) is 0 Å². The van der Waals surface area contributed by atoms with Crippen molar-refractivity contribution in [1.82, 2.24) is 15.0 Å². The van der Waals surface area contributed by atoms with Gasteiger partial charge in [-0.1, -0.05) is 6.07 Å². The van der Waals surface area contributed by atoms with Crippen molar-refractivity contribution in [3.63, 3.8) is 0 Å². The minimum Gasteiger partial charge on any atom is -0.321 e. The molecule has 0 aliphatic heterocycles. The van der Waals surface area contributed by atoms with Crippen LogP contribution < -0.4 is 5.32 Å². The third kappa shape index (κ3) is 3.02. The van der Waals surface area contributed by atoms with Gasteiger partial charge >= 0.3 is 0 Å². The molecule has 2 rings (SSSR count). The number of anilines is 2. The van der Waals surface area contributed by atoms with Gasteiger partial charge in [0.1, 0.15) is 5.82 Å². The van der Waals surface area contributed by atoms with E-state index in [0.717, 1.165) is 0 Å². The molecule has 0 unspecified atom stereocenters. The van der Waals surface area contributed by atoms with Crippen LogP contribution in [-0.2, 0) is 0 Å². The Labute approximate surface area is 114 Å². The normalized spacial score (nSPS) is 10.4. The fourth-order valence-electron chi connectivity index (χ4n) is 1.11. The van der Waals surface area contributed by atoms with E-state index in [4.69, 9.17) is 23.2 Å². The van der Waals surface area contributed by atoms with Crippen LogP contribution in [0.3, 0.4) is 0 Å². The first-order chi connectivity index (χ1) is 8.06. The highest BCUT2D eigenvalue weighted by Gasteiger charge is 2.09. The molecular weight excluding hydrogens is 334 g/mol. The Morgan fingerprint density at radius 3 is 2.35 bits per heavy atom. The summed E-state index contributed by atoms with van der Waals surface area (Å²) < 4.78 is 14.0. The number of rotatable bonds is 2. The summed E-state index contributed by atoms with van der Waals surface area (Å²) in [6.45, 7) is 0. The highest BCUT2D eigenvalue weighted by Crippen LogP contribution is 2.27. The number of benzene rings is 1. The van der Waals surface area contributed by atoms with Gasteiger partial charge in [-0.2, -0.15) is 15.0 Å². The minimum absolute atomic E-state index is 0.0695. The first kappa shape index (κ1) is 12.5. The average Bonchev–Trinajstić information content (AvgIpc) is 2.22. The first-order valence-electron chi connectivity index (χ1n) is 4.34. The smallest absolute Gasteiger partial charge is 0.232 e. The van der Waals surface area contributed by atoms with E-state index < -0.39 is 5.82 Å². The van der Waals surface area contributed by atoms with Crippen LogP contribution in [0.1, 0.15) is 0 Å². The fraction of sp³-hybridized carbons (Fsp3) is 0. The van der Waals surface area contributed by atoms with Crippen LogP contribution >= 0.6 is 39.1 Å². The maximum absolute atomic E-state index is 13.5. The Morgan fingerprint density at radius 2 is 1.76 bits per heavy atom. The highest BCUT2D eigenvalue weighted by atomic mass is 79.9. The minimum atomic E-state index is -0.452. The van der Waals surface area contributed by atoms with Crippen molar-refractivity contribution in [1.29, 1.82) is 0 Å². The lowest BCUT2D eigenvalue weighted by Crippen LogP contribution is -2.01. The van der Waals surface area contributed by atoms with E-state index in [2.05, 4.69) is 36.2 Å². The molecule has 1 N–H and O–H groups in total. The fourth-order valence-corrected chi connectivity index (χ4v) is 1.92. The molecule has 0 fully saturated rings. The second-order valence-electron chi connectivity index (χ2n) is 2.92. The Bertz CT molecular complexity index is 526. The molecule has 4 nitrogen and oxygen atoms in total. The summed E-state index contributed by atoms with van der Waals surface area (Å²) in [5.41, 5.74) is 0.200. The lowest BCUT2D eigenvalue weighted by molar-refractivity contribution is 0.631. The highest BCUT2D eigenvalue weighted by molar-refractivity contribution is 9.10. The number of nitrogens with one attached hydrogen (secondary N) is 1. The van der Waals surface area contributed by atoms with Gasteiger partial charge in [0.05, 0.1) is 5.69 Å². The molecule has 0 atom stereocenters. The lowest BCUT2D eigenvalue weighted by Gasteiger charge is -2.07. The number of nitrogens with zero attached hydrogens (tertiary/aromatic N) is 3. The van der Waals surface area contributed by atoms with Crippen LogP contribution in [0, 0.1) is 5.82 Å². The maximum atomic E-state index is 13.5. The molecule has 1 aromatic carbocycles. The van der Waals surface area contributed by atoms with Crippen molar-refractivity contribution in [2.24, 2.45) is 0 Å². The van der Waals surface area contributed by atoms with Crippen LogP contribution in [0.25, 0.3) is 0 Å². The largest absolute Gasteiger partial charge is 0.321 e. The predicted molar refractivity (Wildman–Crippen MR) is 67.2 cm³/mol. The summed E-state index contributed by atoms with van der Waals surface area (Å²) in [5, 5.41) is 2.53. The topological polar surface area (TPSA) is 50.7 Å². The van der Waals surface area contributed by atoms with E-state index in [0.29, 0.717) is 4.47 Å². The second-order valence-corrected chi connectivity index (χ2v) is 4.45. The van der Waals surface area contributed by atoms with Crippen molar-refractivity contribution in [2.75, 3.05) is 5.32 Å². The molecule has 0 saturated heterocycles. The summed E-state index contributed by atoms with van der Waals surface area (Å²) in [6.07, 6.45) is 0. The van der Waals surface area contributed by atoms with Crippen molar-refractivity contribution < 1.29 is 4.39 Å². The van der Waals surface area contributed by atoms with Gasteiger partial charge in [-0.3, -0.25) is 0 Å². The summed E-state index contributed by atoms with van der Waals surface area (Å²) in [7, 11) is 0. The first-order valence-corrected chi connectivity index (χ1v) is 5.89. The second kappa shape index (κ2) is 5.12. The molecule has 0 amide bonds. The number of hydrogen-bond donors (Lipinski definition) is 1. The van der Waals surface area contributed by atoms with E-state index in [9.17, 15) is 4.39 Å². The van der Waals surface area contributed by atoms with Crippen LogP contribution in [0.2, 0.25) is 10.6 Å². The third-order valence-electron chi connectivity index (χ3n) is 1.78. The van der Waals surface area contributed by atoms with E-state index in [1.54, 1.807) is 12.1 Å². The predicted octanol–water partition coefficient (Wildman–Crippen LogP) is 3.82. The van der Waals surface area contributed by atoms with Gasteiger partial charge in [0.25, 0.3) is 0 Å². The summed E-state index contributed by atoms with van der Waals surface area (Å²) in [4.78, 5) is 11.1. The van der Waals surface area contributed by atoms with Crippen molar-refractivity contribution in [2.45, 2.75) is 0 Å². The number of para-hydroxylation sites is 1. The van der Waals surface area contributed by atoms with Gasteiger partial charge in [0.2, 0.25) is 16.5 Å². The Hall–Kier alpha value is -0.980. The lowest BCUT2D eigenvalue weighted by atomic mass is 10.3. The summed E-state index contributed by atoms with van der Waals surface area (Å²) >= 11 is 14.4. The number of halogens is 4. The Kier molecular flexibility index (Phi) is 3.76. The van der Waals surface area contributed by atoms with Gasteiger partial charge in [-0.05, 0) is 51.3 Å². The van der Waals surface area contributed by atoms with Crippen LogP contribution in [-0.4, -0.2) is 15.0 Å². The summed E-state index contributed by atoms with van der Waals surface area (Å²) in [6, 6.07) is 4.55. The van der Waals surface area contributed by atoms with Crippen LogP contribution in [0.4, 0.5) is 16.0 Å². The third-order valence-corrected chi connectivity index (χ3v) is 2.78. The molecule has 88 valence electrons. The summed E-state index contributed by atoms with van der Waals surface area (Å²) in [5.74, 6) is -0.382. The van der Waals surface area contributed by atoms with E-state index in [1.165, 1.54) is 6.07 Å². The maximum Gasteiger partial charge on any atom is 0.232 e. The molecule has 1 heterocycles. The average molecular weight is 338 g/mol. The van der Waals surface area contributed by atoms with Gasteiger partial charge < -0.3 is 5.32 Å².